The number of rotatable bonds is 13. The predicted molar refractivity (Wildman–Crippen MR) is 185 cm³/mol. The van der Waals surface area contributed by atoms with Crippen LogP contribution in [-0.4, -0.2) is 62.8 Å². The number of carbonyl (C=O) groups excluding carboxylic acids is 2. The lowest BCUT2D eigenvalue weighted by molar-refractivity contribution is -0.152. The van der Waals surface area contributed by atoms with Gasteiger partial charge in [0.25, 0.3) is 10.0 Å². The quantitative estimate of drug-likeness (QED) is 0.107. The van der Waals surface area contributed by atoms with E-state index in [9.17, 15) is 18.0 Å². The molecule has 1 aromatic heterocycles. The van der Waals surface area contributed by atoms with E-state index >= 15 is 0 Å². The van der Waals surface area contributed by atoms with Crippen LogP contribution in [0.2, 0.25) is 10.0 Å². The Morgan fingerprint density at radius 1 is 0.891 bits per heavy atom. The fourth-order valence-electron chi connectivity index (χ4n) is 5.07. The average Bonchev–Trinajstić information content (AvgIpc) is 2.97. The van der Waals surface area contributed by atoms with Crippen LogP contribution in [0.25, 0.3) is 10.8 Å². The maximum atomic E-state index is 14.1. The summed E-state index contributed by atoms with van der Waals surface area (Å²) in [5, 5.41) is 1.30. The zero-order valence-electron chi connectivity index (χ0n) is 26.7. The number of fused-ring (bicyclic) bond motifs is 1. The van der Waals surface area contributed by atoms with E-state index in [0.29, 0.717) is 22.8 Å². The van der Waals surface area contributed by atoms with Gasteiger partial charge in [0, 0.05) is 39.3 Å². The fraction of sp³-hybridized carbons (Fsp3) is 0.343. The Labute approximate surface area is 281 Å². The third kappa shape index (κ3) is 9.28. The van der Waals surface area contributed by atoms with Gasteiger partial charge < -0.3 is 9.64 Å². The summed E-state index contributed by atoms with van der Waals surface area (Å²) in [5.74, 6) is -0.841. The molecule has 244 valence electrons. The van der Waals surface area contributed by atoms with Crippen molar-refractivity contribution >= 4 is 61.4 Å². The fourth-order valence-corrected chi connectivity index (χ4v) is 7.22. The highest BCUT2D eigenvalue weighted by molar-refractivity contribution is 7.93. The van der Waals surface area contributed by atoms with E-state index in [1.165, 1.54) is 18.2 Å². The number of halogens is 2. The number of ether oxygens (including phenoxy) is 1. The van der Waals surface area contributed by atoms with E-state index in [1.807, 2.05) is 32.4 Å². The van der Waals surface area contributed by atoms with Gasteiger partial charge in [-0.1, -0.05) is 59.6 Å². The summed E-state index contributed by atoms with van der Waals surface area (Å²) in [6.45, 7) is 5.48. The van der Waals surface area contributed by atoms with Crippen LogP contribution < -0.4 is 4.31 Å². The molecule has 0 radical (unpaired) electrons. The van der Waals surface area contributed by atoms with Crippen molar-refractivity contribution in [3.8, 4) is 0 Å². The maximum absolute atomic E-state index is 14.1. The lowest BCUT2D eigenvalue weighted by Crippen LogP contribution is -2.39. The molecule has 0 saturated carbocycles. The summed E-state index contributed by atoms with van der Waals surface area (Å²) in [6.07, 6.45) is 4.48. The predicted octanol–water partition coefficient (Wildman–Crippen LogP) is 7.39. The van der Waals surface area contributed by atoms with Gasteiger partial charge in [-0.15, -0.1) is 0 Å². The molecule has 3 aromatic carbocycles. The molecule has 4 aromatic rings. The van der Waals surface area contributed by atoms with Crippen molar-refractivity contribution in [1.29, 1.82) is 0 Å². The summed E-state index contributed by atoms with van der Waals surface area (Å²) in [7, 11) is -0.274. The number of nitrogens with zero attached hydrogens (tertiary/aromatic N) is 3. The molecular weight excluding hydrogens is 645 g/mol. The summed E-state index contributed by atoms with van der Waals surface area (Å²) in [5.41, 5.74) is 1.80. The molecule has 0 fully saturated rings. The molecule has 0 aliphatic carbocycles. The third-order valence-corrected chi connectivity index (χ3v) is 9.32. The van der Waals surface area contributed by atoms with Crippen LogP contribution in [0.5, 0.6) is 0 Å². The van der Waals surface area contributed by atoms with Crippen LogP contribution >= 0.6 is 23.2 Å². The number of Topliss-reactive ketones (excluding diaryl/α,β-unsaturated/α-hetero) is 1. The minimum Gasteiger partial charge on any atom is -0.459 e. The highest BCUT2D eigenvalue weighted by atomic mass is 35.5. The van der Waals surface area contributed by atoms with E-state index < -0.39 is 28.1 Å². The molecule has 1 heterocycles. The Kier molecular flexibility index (Phi) is 11.5. The smallest absolute Gasteiger partial charge is 0.327 e. The molecule has 0 saturated heterocycles. The van der Waals surface area contributed by atoms with Gasteiger partial charge in [0.2, 0.25) is 0 Å². The number of benzene rings is 3. The molecule has 0 atom stereocenters. The first-order valence-corrected chi connectivity index (χ1v) is 17.2. The molecule has 0 N–H and O–H groups in total. The van der Waals surface area contributed by atoms with Crippen LogP contribution in [0.4, 0.5) is 5.69 Å². The number of hydrogen-bond acceptors (Lipinski definition) is 7. The Bertz CT molecular complexity index is 1800. The van der Waals surface area contributed by atoms with E-state index in [-0.39, 0.29) is 32.8 Å². The van der Waals surface area contributed by atoms with Crippen LogP contribution in [0.1, 0.15) is 55.2 Å². The SMILES string of the molecule is CN(C)CCCc1ccc(CCC(=O)c2cccc3c(N(CC(=O)OC(C)(C)C)S(=O)(=O)c4cc(Cl)cc(Cl)c4)cccc23)cn1. The number of esters is 1. The first-order valence-electron chi connectivity index (χ1n) is 15.0. The maximum Gasteiger partial charge on any atom is 0.327 e. The summed E-state index contributed by atoms with van der Waals surface area (Å²) in [4.78, 5) is 33.1. The molecule has 0 aliphatic heterocycles. The Balaban J connectivity index is 1.65. The molecule has 0 bridgehead atoms. The van der Waals surface area contributed by atoms with Gasteiger partial charge in [-0.25, -0.2) is 8.42 Å². The molecule has 8 nitrogen and oxygen atoms in total. The molecule has 0 unspecified atom stereocenters. The normalized spacial score (nSPS) is 12.0. The summed E-state index contributed by atoms with van der Waals surface area (Å²) < 4.78 is 34.7. The van der Waals surface area contributed by atoms with Gasteiger partial charge in [-0.2, -0.15) is 0 Å². The van der Waals surface area contributed by atoms with Crippen LogP contribution in [-0.2, 0) is 32.4 Å². The second-order valence-electron chi connectivity index (χ2n) is 12.4. The second kappa shape index (κ2) is 14.9. The van der Waals surface area contributed by atoms with Crippen molar-refractivity contribution in [2.45, 2.75) is 57.0 Å². The van der Waals surface area contributed by atoms with Crippen LogP contribution in [0.3, 0.4) is 0 Å². The van der Waals surface area contributed by atoms with Crippen molar-refractivity contribution in [3.05, 3.63) is 99.8 Å². The number of aromatic nitrogens is 1. The summed E-state index contributed by atoms with van der Waals surface area (Å²) in [6, 6.07) is 18.2. The van der Waals surface area contributed by atoms with Crippen LogP contribution in [0, 0.1) is 0 Å². The highest BCUT2D eigenvalue weighted by Crippen LogP contribution is 2.34. The molecule has 11 heteroatoms. The average molecular weight is 685 g/mol. The second-order valence-corrected chi connectivity index (χ2v) is 15.1. The van der Waals surface area contributed by atoms with E-state index in [4.69, 9.17) is 27.9 Å². The minimum absolute atomic E-state index is 0.0963. The van der Waals surface area contributed by atoms with Crippen molar-refractivity contribution in [3.63, 3.8) is 0 Å². The zero-order valence-corrected chi connectivity index (χ0v) is 29.0. The number of carbonyl (C=O) groups is 2. The van der Waals surface area contributed by atoms with Gasteiger partial charge in [-0.3, -0.25) is 18.9 Å². The van der Waals surface area contributed by atoms with Gasteiger partial charge in [-0.05, 0) is 102 Å². The van der Waals surface area contributed by atoms with E-state index in [1.54, 1.807) is 57.2 Å². The topological polar surface area (TPSA) is 96.9 Å². The Morgan fingerprint density at radius 2 is 1.57 bits per heavy atom. The van der Waals surface area contributed by atoms with Crippen molar-refractivity contribution in [2.24, 2.45) is 0 Å². The molecule has 0 amide bonds. The first kappa shape index (κ1) is 35.4. The minimum atomic E-state index is -4.37. The summed E-state index contributed by atoms with van der Waals surface area (Å²) >= 11 is 12.3. The molecule has 0 aliphatic rings. The monoisotopic (exact) mass is 683 g/mol. The van der Waals surface area contributed by atoms with Gasteiger partial charge in [0.15, 0.2) is 5.78 Å². The number of pyridine rings is 1. The standard InChI is InChI=1S/C35H39Cl2N3O5S/c1-35(2,3)45-34(42)23-40(46(43,44)28-20-25(36)19-26(37)21-28)32-13-7-10-29-30(32)11-6-12-31(29)33(41)17-15-24-14-16-27(38-22-24)9-8-18-39(4)5/h6-7,10-14,16,19-22H,8-9,15,17-18,23H2,1-5H3. The number of ketones is 1. The number of sulfonamides is 1. The largest absolute Gasteiger partial charge is 0.459 e. The van der Waals surface area contributed by atoms with Crippen molar-refractivity contribution < 1.29 is 22.7 Å². The molecular formula is C35H39Cl2N3O5S. The Morgan fingerprint density at radius 3 is 2.20 bits per heavy atom. The zero-order chi connectivity index (χ0) is 33.6. The number of hydrogen-bond donors (Lipinski definition) is 0. The Hall–Kier alpha value is -3.50. The van der Waals surface area contributed by atoms with Gasteiger partial charge in [0.05, 0.1) is 10.6 Å². The molecule has 0 spiro atoms. The van der Waals surface area contributed by atoms with Crippen molar-refractivity contribution in [1.82, 2.24) is 9.88 Å². The van der Waals surface area contributed by atoms with E-state index in [0.717, 1.165) is 34.9 Å². The van der Waals surface area contributed by atoms with Crippen LogP contribution in [0.15, 0.2) is 77.8 Å². The van der Waals surface area contributed by atoms with E-state index in [2.05, 4.69) is 9.88 Å². The lowest BCUT2D eigenvalue weighted by Gasteiger charge is -2.27. The molecule has 46 heavy (non-hydrogen) atoms. The van der Waals surface area contributed by atoms with Gasteiger partial charge >= 0.3 is 5.97 Å². The van der Waals surface area contributed by atoms with Gasteiger partial charge in [0.1, 0.15) is 12.1 Å². The van der Waals surface area contributed by atoms with Crippen molar-refractivity contribution in [2.75, 3.05) is 31.5 Å². The third-order valence-electron chi connectivity index (χ3n) is 7.15. The first-order chi connectivity index (χ1) is 21.6. The highest BCUT2D eigenvalue weighted by Gasteiger charge is 2.31. The number of anilines is 1. The lowest BCUT2D eigenvalue weighted by atomic mass is 9.97. The number of aryl methyl sites for hydroxylation is 2. The molecule has 4 rings (SSSR count).